The number of hydrazone groups is 1. The Morgan fingerprint density at radius 3 is 2.47 bits per heavy atom. The van der Waals surface area contributed by atoms with Crippen LogP contribution in [0.25, 0.3) is 10.8 Å². The van der Waals surface area contributed by atoms with Crippen LogP contribution in [0.2, 0.25) is 0 Å². The summed E-state index contributed by atoms with van der Waals surface area (Å²) in [5.74, 6) is 0. The van der Waals surface area contributed by atoms with Gasteiger partial charge in [0.05, 0.1) is 6.21 Å². The fourth-order valence-corrected chi connectivity index (χ4v) is 1.90. The van der Waals surface area contributed by atoms with Crippen LogP contribution in [0, 0.1) is 0 Å². The lowest BCUT2D eigenvalue weighted by Crippen LogP contribution is -2.32. The SMILES string of the molecule is CN(C)C(=S)N(C)/N=C/c1cccc2ccccc12. The van der Waals surface area contributed by atoms with E-state index in [0.717, 1.165) is 5.56 Å². The second-order valence-electron chi connectivity index (χ2n) is 4.51. The smallest absolute Gasteiger partial charge is 0.191 e. The number of nitrogens with zero attached hydrogens (tertiary/aromatic N) is 3. The van der Waals surface area contributed by atoms with Gasteiger partial charge < -0.3 is 4.90 Å². The Hall–Kier alpha value is -1.94. The van der Waals surface area contributed by atoms with Gasteiger partial charge in [0.25, 0.3) is 0 Å². The molecule has 2 aromatic carbocycles. The van der Waals surface area contributed by atoms with E-state index in [9.17, 15) is 0 Å². The molecule has 2 aromatic rings. The van der Waals surface area contributed by atoms with Gasteiger partial charge in [-0.25, -0.2) is 5.01 Å². The molecule has 0 bridgehead atoms. The highest BCUT2D eigenvalue weighted by Crippen LogP contribution is 2.16. The number of hydrogen-bond acceptors (Lipinski definition) is 2. The Labute approximate surface area is 119 Å². The molecule has 4 heteroatoms. The molecule has 0 aliphatic carbocycles. The fraction of sp³-hybridized carbons (Fsp3) is 0.200. The van der Waals surface area contributed by atoms with Crippen molar-refractivity contribution in [1.82, 2.24) is 9.91 Å². The van der Waals surface area contributed by atoms with Gasteiger partial charge >= 0.3 is 0 Å². The first-order chi connectivity index (χ1) is 9.09. The predicted molar refractivity (Wildman–Crippen MR) is 85.6 cm³/mol. The minimum Gasteiger partial charge on any atom is -0.354 e. The molecule has 0 atom stereocenters. The Morgan fingerprint density at radius 2 is 1.74 bits per heavy atom. The summed E-state index contributed by atoms with van der Waals surface area (Å²) in [6.45, 7) is 0. The maximum atomic E-state index is 5.25. The van der Waals surface area contributed by atoms with E-state index < -0.39 is 0 Å². The molecule has 0 amide bonds. The molecule has 0 aromatic heterocycles. The van der Waals surface area contributed by atoms with Crippen LogP contribution in [-0.4, -0.2) is 42.4 Å². The molecule has 0 radical (unpaired) electrons. The third kappa shape index (κ3) is 3.09. The van der Waals surface area contributed by atoms with Crippen molar-refractivity contribution in [2.45, 2.75) is 0 Å². The number of fused-ring (bicyclic) bond motifs is 1. The van der Waals surface area contributed by atoms with Crippen LogP contribution in [0.3, 0.4) is 0 Å². The van der Waals surface area contributed by atoms with Crippen LogP contribution >= 0.6 is 12.2 Å². The maximum Gasteiger partial charge on any atom is 0.191 e. The number of hydrogen-bond donors (Lipinski definition) is 0. The van der Waals surface area contributed by atoms with E-state index in [2.05, 4.69) is 29.4 Å². The van der Waals surface area contributed by atoms with Gasteiger partial charge in [-0.15, -0.1) is 0 Å². The first-order valence-corrected chi connectivity index (χ1v) is 6.47. The normalized spacial score (nSPS) is 10.9. The lowest BCUT2D eigenvalue weighted by atomic mass is 10.1. The van der Waals surface area contributed by atoms with Crippen LogP contribution in [0.5, 0.6) is 0 Å². The molecule has 0 aliphatic heterocycles. The molecule has 0 N–H and O–H groups in total. The average Bonchev–Trinajstić information content (AvgIpc) is 2.43. The van der Waals surface area contributed by atoms with E-state index in [1.165, 1.54) is 10.8 Å². The largest absolute Gasteiger partial charge is 0.354 e. The van der Waals surface area contributed by atoms with Crippen LogP contribution in [0.4, 0.5) is 0 Å². The molecule has 0 spiro atoms. The van der Waals surface area contributed by atoms with Crippen molar-refractivity contribution in [3.63, 3.8) is 0 Å². The third-order valence-corrected chi connectivity index (χ3v) is 3.48. The van der Waals surface area contributed by atoms with Crippen LogP contribution in [0.15, 0.2) is 47.6 Å². The summed E-state index contributed by atoms with van der Waals surface area (Å²) in [4.78, 5) is 1.86. The van der Waals surface area contributed by atoms with Gasteiger partial charge in [0.1, 0.15) is 0 Å². The number of benzene rings is 2. The maximum absolute atomic E-state index is 5.25. The molecule has 3 nitrogen and oxygen atoms in total. The van der Waals surface area contributed by atoms with Crippen molar-refractivity contribution in [3.8, 4) is 0 Å². The van der Waals surface area contributed by atoms with Crippen molar-refractivity contribution < 1.29 is 0 Å². The molecule has 0 unspecified atom stereocenters. The quantitative estimate of drug-likeness (QED) is 0.475. The standard InChI is InChI=1S/C15H17N3S/c1-17(2)15(19)18(3)16-11-13-9-6-8-12-7-4-5-10-14(12)13/h4-11H,1-3H3/b16-11+. The zero-order valence-electron chi connectivity index (χ0n) is 11.4. The van der Waals surface area contributed by atoms with Crippen LogP contribution in [0.1, 0.15) is 5.56 Å². The fourth-order valence-electron chi connectivity index (χ4n) is 1.85. The average molecular weight is 271 g/mol. The summed E-state index contributed by atoms with van der Waals surface area (Å²) in [7, 11) is 5.67. The monoisotopic (exact) mass is 271 g/mol. The summed E-state index contributed by atoms with van der Waals surface area (Å²) in [5, 5.41) is 9.16. The first-order valence-electron chi connectivity index (χ1n) is 6.06. The van der Waals surface area contributed by atoms with E-state index in [-0.39, 0.29) is 0 Å². The van der Waals surface area contributed by atoms with Crippen molar-refractivity contribution in [2.75, 3.05) is 21.1 Å². The minimum absolute atomic E-state index is 0.677. The van der Waals surface area contributed by atoms with Gasteiger partial charge in [0, 0.05) is 26.7 Å². The lowest BCUT2D eigenvalue weighted by molar-refractivity contribution is 0.462. The molecule has 0 saturated carbocycles. The second kappa shape index (κ2) is 5.80. The van der Waals surface area contributed by atoms with E-state index in [0.29, 0.717) is 5.11 Å². The molecular weight excluding hydrogens is 254 g/mol. The van der Waals surface area contributed by atoms with E-state index in [1.807, 2.05) is 50.5 Å². The molecule has 2 rings (SSSR count). The van der Waals surface area contributed by atoms with Gasteiger partial charge in [-0.05, 0) is 23.0 Å². The van der Waals surface area contributed by atoms with Gasteiger partial charge in [-0.3, -0.25) is 0 Å². The minimum atomic E-state index is 0.677. The molecule has 0 heterocycles. The van der Waals surface area contributed by atoms with E-state index in [4.69, 9.17) is 12.2 Å². The highest BCUT2D eigenvalue weighted by molar-refractivity contribution is 7.80. The highest BCUT2D eigenvalue weighted by Gasteiger charge is 2.03. The van der Waals surface area contributed by atoms with Gasteiger partial charge in [-0.2, -0.15) is 5.10 Å². The molecule has 19 heavy (non-hydrogen) atoms. The second-order valence-corrected chi connectivity index (χ2v) is 4.88. The van der Waals surface area contributed by atoms with Gasteiger partial charge in [-0.1, -0.05) is 42.5 Å². The summed E-state index contributed by atoms with van der Waals surface area (Å²) >= 11 is 5.25. The van der Waals surface area contributed by atoms with Gasteiger partial charge in [0.2, 0.25) is 0 Å². The predicted octanol–water partition coefficient (Wildman–Crippen LogP) is 2.95. The Bertz CT molecular complexity index is 614. The zero-order valence-corrected chi connectivity index (χ0v) is 12.2. The summed E-state index contributed by atoms with van der Waals surface area (Å²) < 4.78 is 0. The Morgan fingerprint density at radius 1 is 1.05 bits per heavy atom. The molecule has 0 aliphatic rings. The van der Waals surface area contributed by atoms with Crippen LogP contribution in [-0.2, 0) is 0 Å². The summed E-state index contributed by atoms with van der Waals surface area (Å²) in [6, 6.07) is 14.5. The first kappa shape index (κ1) is 13.5. The highest BCUT2D eigenvalue weighted by atomic mass is 32.1. The van der Waals surface area contributed by atoms with Crippen LogP contribution < -0.4 is 0 Å². The van der Waals surface area contributed by atoms with Crippen molar-refractivity contribution >= 4 is 34.3 Å². The van der Waals surface area contributed by atoms with Crippen molar-refractivity contribution in [1.29, 1.82) is 0 Å². The number of rotatable bonds is 2. The Balaban J connectivity index is 2.29. The molecular formula is C15H17N3S. The number of thiocarbonyl (C=S) groups is 1. The van der Waals surface area contributed by atoms with Gasteiger partial charge in [0.15, 0.2) is 5.11 Å². The lowest BCUT2D eigenvalue weighted by Gasteiger charge is -2.20. The van der Waals surface area contributed by atoms with Crippen molar-refractivity contribution in [2.24, 2.45) is 5.10 Å². The van der Waals surface area contributed by atoms with E-state index >= 15 is 0 Å². The molecule has 98 valence electrons. The Kier molecular flexibility index (Phi) is 4.12. The zero-order chi connectivity index (χ0) is 13.8. The summed E-state index contributed by atoms with van der Waals surface area (Å²) in [6.07, 6.45) is 1.85. The third-order valence-electron chi connectivity index (χ3n) is 2.85. The van der Waals surface area contributed by atoms with Crippen molar-refractivity contribution in [3.05, 3.63) is 48.0 Å². The molecule has 0 fully saturated rings. The molecule has 0 saturated heterocycles. The topological polar surface area (TPSA) is 18.8 Å². The summed E-state index contributed by atoms with van der Waals surface area (Å²) in [5.41, 5.74) is 1.09. The van der Waals surface area contributed by atoms with E-state index in [1.54, 1.807) is 5.01 Å².